The van der Waals surface area contributed by atoms with E-state index in [-0.39, 0.29) is 25.2 Å². The van der Waals surface area contributed by atoms with Crippen molar-refractivity contribution in [3.05, 3.63) is 36.7 Å². The zero-order valence-electron chi connectivity index (χ0n) is 19.7. The van der Waals surface area contributed by atoms with Gasteiger partial charge in [0.25, 0.3) is 0 Å². The van der Waals surface area contributed by atoms with Crippen LogP contribution in [0.3, 0.4) is 0 Å². The highest BCUT2D eigenvalue weighted by molar-refractivity contribution is 7.55. The molecule has 2 aromatic rings. The summed E-state index contributed by atoms with van der Waals surface area (Å²) in [5.41, 5.74) is 0.316. The van der Waals surface area contributed by atoms with Crippen molar-refractivity contribution in [2.45, 2.75) is 59.7 Å². The van der Waals surface area contributed by atoms with Gasteiger partial charge in [0.1, 0.15) is 11.4 Å². The van der Waals surface area contributed by atoms with Gasteiger partial charge in [0, 0.05) is 5.56 Å². The van der Waals surface area contributed by atoms with Gasteiger partial charge in [-0.15, -0.1) is 0 Å². The quantitative estimate of drug-likeness (QED) is 0.412. The first-order valence-corrected chi connectivity index (χ1v) is 12.6. The van der Waals surface area contributed by atoms with Crippen LogP contribution in [0.1, 0.15) is 48.0 Å². The summed E-state index contributed by atoms with van der Waals surface area (Å²) >= 11 is 0. The second-order valence-corrected chi connectivity index (χ2v) is 10.2. The van der Waals surface area contributed by atoms with Crippen molar-refractivity contribution >= 4 is 19.2 Å². The number of rotatable bonds is 12. The molecule has 1 aromatic carbocycles. The molecule has 0 spiro atoms. The van der Waals surface area contributed by atoms with E-state index in [9.17, 15) is 9.36 Å². The normalized spacial score (nSPS) is 12.8. The molecule has 1 N–H and O–H groups in total. The summed E-state index contributed by atoms with van der Waals surface area (Å²) in [6.45, 7) is 11.7. The molecule has 1 unspecified atom stereocenters. The van der Waals surface area contributed by atoms with E-state index in [1.165, 1.54) is 12.4 Å². The summed E-state index contributed by atoms with van der Waals surface area (Å²) in [5.74, 6) is 0.987. The summed E-state index contributed by atoms with van der Waals surface area (Å²) in [6, 6.07) is 7.49. The first-order chi connectivity index (χ1) is 15.2. The number of carbonyl (C=O) groups excluding carboxylic acids is 1. The standard InChI is InChI=1S/C23H34N3O5P/c1-7-29-32(28,30-8-2)21(13-16(3)4)23(27)26-19-14-24-22(25-15-19)18-9-11-20(12-10-18)31-17(5)6/h9-12,14-17,21H,7-8,13H2,1-6H3,(H,26,27). The monoisotopic (exact) mass is 463 g/mol. The fourth-order valence-corrected chi connectivity index (χ4v) is 5.31. The molecule has 176 valence electrons. The van der Waals surface area contributed by atoms with Crippen LogP contribution in [0.25, 0.3) is 11.4 Å². The molecule has 32 heavy (non-hydrogen) atoms. The molecule has 1 amide bonds. The lowest BCUT2D eigenvalue weighted by Gasteiger charge is -2.26. The van der Waals surface area contributed by atoms with Crippen LogP contribution in [0.2, 0.25) is 0 Å². The molecule has 2 rings (SSSR count). The molecule has 0 fully saturated rings. The van der Waals surface area contributed by atoms with E-state index in [4.69, 9.17) is 13.8 Å². The molecule has 8 nitrogen and oxygen atoms in total. The van der Waals surface area contributed by atoms with Crippen LogP contribution in [0.5, 0.6) is 5.75 Å². The Bertz CT molecular complexity index is 891. The zero-order valence-corrected chi connectivity index (χ0v) is 20.6. The molecule has 9 heteroatoms. The summed E-state index contributed by atoms with van der Waals surface area (Å²) < 4.78 is 29.8. The fourth-order valence-electron chi connectivity index (χ4n) is 3.13. The lowest BCUT2D eigenvalue weighted by molar-refractivity contribution is -0.116. The Morgan fingerprint density at radius 2 is 1.56 bits per heavy atom. The molecule has 0 saturated heterocycles. The van der Waals surface area contributed by atoms with Crippen LogP contribution < -0.4 is 10.1 Å². The van der Waals surface area contributed by atoms with Crippen molar-refractivity contribution < 1.29 is 23.1 Å². The van der Waals surface area contributed by atoms with Gasteiger partial charge >= 0.3 is 7.60 Å². The molecular weight excluding hydrogens is 429 g/mol. The first-order valence-electron chi connectivity index (χ1n) is 11.0. The van der Waals surface area contributed by atoms with E-state index in [1.807, 2.05) is 52.0 Å². The maximum absolute atomic E-state index is 13.3. The second-order valence-electron chi connectivity index (χ2n) is 8.00. The maximum atomic E-state index is 13.3. The number of aromatic nitrogens is 2. The number of nitrogens with one attached hydrogen (secondary N) is 1. The van der Waals surface area contributed by atoms with Crippen LogP contribution >= 0.6 is 7.60 Å². The maximum Gasteiger partial charge on any atom is 0.343 e. The van der Waals surface area contributed by atoms with Gasteiger partial charge in [-0.3, -0.25) is 9.36 Å². The highest BCUT2D eigenvalue weighted by Gasteiger charge is 2.41. The molecule has 0 aliphatic heterocycles. The van der Waals surface area contributed by atoms with Crippen molar-refractivity contribution in [1.29, 1.82) is 0 Å². The van der Waals surface area contributed by atoms with Gasteiger partial charge in [0.2, 0.25) is 5.91 Å². The van der Waals surface area contributed by atoms with Gasteiger partial charge in [0.15, 0.2) is 5.82 Å². The third kappa shape index (κ3) is 7.40. The van der Waals surface area contributed by atoms with Gasteiger partial charge in [0.05, 0.1) is 37.4 Å². The average Bonchev–Trinajstić information content (AvgIpc) is 2.73. The van der Waals surface area contributed by atoms with Crippen LogP contribution in [0, 0.1) is 5.92 Å². The minimum atomic E-state index is -3.61. The minimum absolute atomic E-state index is 0.0975. The van der Waals surface area contributed by atoms with E-state index in [0.717, 1.165) is 11.3 Å². The molecule has 1 atom stereocenters. The summed E-state index contributed by atoms with van der Waals surface area (Å²) in [4.78, 5) is 21.7. The number of amides is 1. The van der Waals surface area contributed by atoms with Crippen molar-refractivity contribution in [2.75, 3.05) is 18.5 Å². The van der Waals surface area contributed by atoms with E-state index in [1.54, 1.807) is 13.8 Å². The molecular formula is C23H34N3O5P. The van der Waals surface area contributed by atoms with Gasteiger partial charge < -0.3 is 19.1 Å². The lowest BCUT2D eigenvalue weighted by Crippen LogP contribution is -2.31. The third-order valence-corrected chi connectivity index (χ3v) is 6.85. The Hall–Kier alpha value is -2.28. The predicted molar refractivity (Wildman–Crippen MR) is 126 cm³/mol. The van der Waals surface area contributed by atoms with Crippen LogP contribution in [-0.2, 0) is 18.4 Å². The Labute approximate surface area is 190 Å². The van der Waals surface area contributed by atoms with Crippen LogP contribution in [0.4, 0.5) is 5.69 Å². The van der Waals surface area contributed by atoms with E-state index >= 15 is 0 Å². The van der Waals surface area contributed by atoms with E-state index in [2.05, 4.69) is 15.3 Å². The number of benzene rings is 1. The predicted octanol–water partition coefficient (Wildman–Crippen LogP) is 5.55. The SMILES string of the molecule is CCOP(=O)(OCC)C(CC(C)C)C(=O)Nc1cnc(-c2ccc(OC(C)C)cc2)nc1. The van der Waals surface area contributed by atoms with Gasteiger partial charge in [-0.05, 0) is 64.3 Å². The highest BCUT2D eigenvalue weighted by atomic mass is 31.2. The molecule has 0 radical (unpaired) electrons. The molecule has 1 heterocycles. The van der Waals surface area contributed by atoms with Crippen LogP contribution in [0.15, 0.2) is 36.7 Å². The Balaban J connectivity index is 2.16. The number of hydrogen-bond acceptors (Lipinski definition) is 7. The largest absolute Gasteiger partial charge is 0.491 e. The Morgan fingerprint density at radius 3 is 2.03 bits per heavy atom. The molecule has 0 saturated carbocycles. The topological polar surface area (TPSA) is 99.6 Å². The van der Waals surface area contributed by atoms with Gasteiger partial charge in [-0.2, -0.15) is 0 Å². The molecule has 1 aromatic heterocycles. The van der Waals surface area contributed by atoms with E-state index < -0.39 is 19.2 Å². The fraction of sp³-hybridized carbons (Fsp3) is 0.522. The van der Waals surface area contributed by atoms with E-state index in [0.29, 0.717) is 17.9 Å². The average molecular weight is 464 g/mol. The van der Waals surface area contributed by atoms with Crippen molar-refractivity contribution in [3.8, 4) is 17.1 Å². The van der Waals surface area contributed by atoms with Crippen molar-refractivity contribution in [2.24, 2.45) is 5.92 Å². The van der Waals surface area contributed by atoms with Crippen molar-refractivity contribution in [3.63, 3.8) is 0 Å². The number of nitrogens with zero attached hydrogens (tertiary/aromatic N) is 2. The minimum Gasteiger partial charge on any atom is -0.491 e. The number of carbonyl (C=O) groups is 1. The summed E-state index contributed by atoms with van der Waals surface area (Å²) in [7, 11) is -3.61. The zero-order chi connectivity index (χ0) is 23.7. The molecule has 0 aliphatic carbocycles. The number of hydrogen-bond donors (Lipinski definition) is 1. The molecule has 0 aliphatic rings. The Morgan fingerprint density at radius 1 is 1.00 bits per heavy atom. The van der Waals surface area contributed by atoms with Gasteiger partial charge in [-0.1, -0.05) is 13.8 Å². The summed E-state index contributed by atoms with van der Waals surface area (Å²) in [6.07, 6.45) is 3.52. The summed E-state index contributed by atoms with van der Waals surface area (Å²) in [5, 5.41) is 2.76. The number of ether oxygens (including phenoxy) is 1. The van der Waals surface area contributed by atoms with Crippen molar-refractivity contribution in [1.82, 2.24) is 9.97 Å². The number of anilines is 1. The highest BCUT2D eigenvalue weighted by Crippen LogP contribution is 2.55. The first kappa shape index (κ1) is 26.0. The van der Waals surface area contributed by atoms with Gasteiger partial charge in [-0.25, -0.2) is 9.97 Å². The third-order valence-electron chi connectivity index (χ3n) is 4.40. The van der Waals surface area contributed by atoms with Crippen LogP contribution in [-0.4, -0.2) is 40.9 Å². The molecule has 0 bridgehead atoms. The smallest absolute Gasteiger partial charge is 0.343 e. The Kier molecular flexibility index (Phi) is 9.82. The second kappa shape index (κ2) is 12.1. The lowest BCUT2D eigenvalue weighted by atomic mass is 10.1.